The van der Waals surface area contributed by atoms with Gasteiger partial charge in [-0.1, -0.05) is 0 Å². The van der Waals surface area contributed by atoms with Crippen molar-refractivity contribution < 1.29 is 5.11 Å². The van der Waals surface area contributed by atoms with Crippen molar-refractivity contribution >= 4 is 11.8 Å². The lowest BCUT2D eigenvalue weighted by atomic mass is 10.1. The molecule has 0 spiro atoms. The van der Waals surface area contributed by atoms with E-state index in [-0.39, 0.29) is 11.8 Å². The molecule has 5 N–H and O–H groups in total. The van der Waals surface area contributed by atoms with Crippen LogP contribution in [0.2, 0.25) is 0 Å². The van der Waals surface area contributed by atoms with E-state index in [2.05, 4.69) is 0 Å². The van der Waals surface area contributed by atoms with Crippen molar-refractivity contribution in [1.29, 1.82) is 0 Å². The highest BCUT2D eigenvalue weighted by atomic mass is 32.2. The van der Waals surface area contributed by atoms with Crippen LogP contribution in [0.25, 0.3) is 0 Å². The Bertz CT molecular complexity index is 291. The maximum atomic E-state index is 9.49. The largest absolute Gasteiger partial charge is 0.508 e. The molecule has 0 fully saturated rings. The van der Waals surface area contributed by atoms with Crippen LogP contribution < -0.4 is 11.5 Å². The van der Waals surface area contributed by atoms with Crippen molar-refractivity contribution in [3.05, 3.63) is 23.8 Å². The Balaban J connectivity index is 3.03. The van der Waals surface area contributed by atoms with Crippen molar-refractivity contribution in [2.24, 2.45) is 11.5 Å². The number of thioether (sulfide) groups is 1. The van der Waals surface area contributed by atoms with Gasteiger partial charge in [-0.3, -0.25) is 0 Å². The van der Waals surface area contributed by atoms with Crippen LogP contribution in [-0.4, -0.2) is 17.9 Å². The molecule has 1 rings (SSSR count). The summed E-state index contributed by atoms with van der Waals surface area (Å²) in [6, 6.07) is 5.09. The molecule has 3 nitrogen and oxygen atoms in total. The zero-order valence-corrected chi connectivity index (χ0v) is 8.34. The van der Waals surface area contributed by atoms with E-state index >= 15 is 0 Å². The van der Waals surface area contributed by atoms with Gasteiger partial charge in [0.1, 0.15) is 5.75 Å². The summed E-state index contributed by atoms with van der Waals surface area (Å²) in [5.41, 5.74) is 11.9. The summed E-state index contributed by atoms with van der Waals surface area (Å²) in [7, 11) is 0. The first-order chi connectivity index (χ1) is 6.19. The topological polar surface area (TPSA) is 72.3 Å². The standard InChI is InChI=1S/C9H14N2OS/c1-13-6-2-3-9(12)7(4-6)8(11)5-10/h2-4,8,12H,5,10-11H2,1H3/t8-/m1/s1. The average Bonchev–Trinajstić information content (AvgIpc) is 2.17. The molecule has 0 aromatic heterocycles. The average molecular weight is 198 g/mol. The fourth-order valence-electron chi connectivity index (χ4n) is 1.08. The second kappa shape index (κ2) is 4.50. The third kappa shape index (κ3) is 2.37. The van der Waals surface area contributed by atoms with E-state index in [1.807, 2.05) is 18.4 Å². The number of nitrogens with two attached hydrogens (primary N) is 2. The Hall–Kier alpha value is -0.710. The molecule has 0 aliphatic carbocycles. The van der Waals surface area contributed by atoms with E-state index < -0.39 is 0 Å². The van der Waals surface area contributed by atoms with Crippen LogP contribution in [0.15, 0.2) is 23.1 Å². The Labute approximate surface area is 82.1 Å². The highest BCUT2D eigenvalue weighted by Gasteiger charge is 2.09. The van der Waals surface area contributed by atoms with Gasteiger partial charge in [0.25, 0.3) is 0 Å². The van der Waals surface area contributed by atoms with Crippen LogP contribution in [0.5, 0.6) is 5.75 Å². The number of phenolic OH excluding ortho intramolecular Hbond substituents is 1. The second-order valence-electron chi connectivity index (χ2n) is 2.77. The molecule has 0 aliphatic rings. The van der Waals surface area contributed by atoms with Gasteiger partial charge in [-0.2, -0.15) is 0 Å². The predicted octanol–water partition coefficient (Wildman–Crippen LogP) is 1.07. The summed E-state index contributed by atoms with van der Waals surface area (Å²) in [6.45, 7) is 0.339. The number of benzene rings is 1. The molecule has 0 bridgehead atoms. The zero-order chi connectivity index (χ0) is 9.84. The van der Waals surface area contributed by atoms with Crippen LogP contribution >= 0.6 is 11.8 Å². The quantitative estimate of drug-likeness (QED) is 0.635. The zero-order valence-electron chi connectivity index (χ0n) is 7.53. The Kier molecular flexibility index (Phi) is 3.59. The Morgan fingerprint density at radius 1 is 1.54 bits per heavy atom. The van der Waals surface area contributed by atoms with Crippen LogP contribution in [0.4, 0.5) is 0 Å². The van der Waals surface area contributed by atoms with Crippen molar-refractivity contribution in [2.45, 2.75) is 10.9 Å². The van der Waals surface area contributed by atoms with Gasteiger partial charge >= 0.3 is 0 Å². The van der Waals surface area contributed by atoms with E-state index in [1.54, 1.807) is 17.8 Å². The molecule has 72 valence electrons. The second-order valence-corrected chi connectivity index (χ2v) is 3.65. The van der Waals surface area contributed by atoms with E-state index in [1.165, 1.54) is 0 Å². The Morgan fingerprint density at radius 2 is 2.23 bits per heavy atom. The van der Waals surface area contributed by atoms with Crippen molar-refractivity contribution in [1.82, 2.24) is 0 Å². The first-order valence-electron chi connectivity index (χ1n) is 4.01. The fraction of sp³-hybridized carbons (Fsp3) is 0.333. The molecule has 1 aromatic carbocycles. The first kappa shape index (κ1) is 10.4. The van der Waals surface area contributed by atoms with Crippen molar-refractivity contribution in [3.8, 4) is 5.75 Å². The third-order valence-electron chi connectivity index (χ3n) is 1.89. The molecule has 0 radical (unpaired) electrons. The number of hydrogen-bond acceptors (Lipinski definition) is 4. The maximum Gasteiger partial charge on any atom is 0.120 e. The minimum Gasteiger partial charge on any atom is -0.508 e. The molecular weight excluding hydrogens is 184 g/mol. The SMILES string of the molecule is CSc1ccc(O)c([C@H](N)CN)c1. The first-order valence-corrected chi connectivity index (χ1v) is 5.24. The third-order valence-corrected chi connectivity index (χ3v) is 2.61. The molecule has 4 heteroatoms. The minimum atomic E-state index is -0.285. The highest BCUT2D eigenvalue weighted by Crippen LogP contribution is 2.27. The molecule has 0 saturated heterocycles. The van der Waals surface area contributed by atoms with Gasteiger partial charge in [0.15, 0.2) is 0 Å². The smallest absolute Gasteiger partial charge is 0.120 e. The molecule has 0 heterocycles. The van der Waals surface area contributed by atoms with Gasteiger partial charge in [0, 0.05) is 23.0 Å². The normalized spacial score (nSPS) is 12.8. The van der Waals surface area contributed by atoms with Crippen molar-refractivity contribution in [3.63, 3.8) is 0 Å². The molecule has 13 heavy (non-hydrogen) atoms. The minimum absolute atomic E-state index is 0.218. The van der Waals surface area contributed by atoms with E-state index in [0.717, 1.165) is 4.90 Å². The van der Waals surface area contributed by atoms with Crippen LogP contribution in [0.1, 0.15) is 11.6 Å². The van der Waals surface area contributed by atoms with Gasteiger partial charge in [0.05, 0.1) is 0 Å². The molecule has 1 aromatic rings. The molecule has 1 atom stereocenters. The van der Waals surface area contributed by atoms with Gasteiger partial charge in [0.2, 0.25) is 0 Å². The number of phenols is 1. The summed E-state index contributed by atoms with van der Waals surface area (Å²) < 4.78 is 0. The lowest BCUT2D eigenvalue weighted by Crippen LogP contribution is -2.20. The highest BCUT2D eigenvalue weighted by molar-refractivity contribution is 7.98. The molecule has 0 amide bonds. The van der Waals surface area contributed by atoms with Gasteiger partial charge in [-0.05, 0) is 24.5 Å². The van der Waals surface area contributed by atoms with Gasteiger partial charge in [-0.25, -0.2) is 0 Å². The fourth-order valence-corrected chi connectivity index (χ4v) is 1.53. The van der Waals surface area contributed by atoms with Gasteiger partial charge in [-0.15, -0.1) is 11.8 Å². The van der Waals surface area contributed by atoms with Crippen LogP contribution in [0, 0.1) is 0 Å². The summed E-state index contributed by atoms with van der Waals surface area (Å²) in [5, 5.41) is 9.49. The number of hydrogen-bond donors (Lipinski definition) is 3. The van der Waals surface area contributed by atoms with E-state index in [4.69, 9.17) is 11.5 Å². The maximum absolute atomic E-state index is 9.49. The summed E-state index contributed by atoms with van der Waals surface area (Å²) >= 11 is 1.61. The summed E-state index contributed by atoms with van der Waals surface area (Å²) in [4.78, 5) is 1.08. The van der Waals surface area contributed by atoms with Crippen molar-refractivity contribution in [2.75, 3.05) is 12.8 Å². The molecular formula is C9H14N2OS. The number of rotatable bonds is 3. The molecule has 0 aliphatic heterocycles. The monoisotopic (exact) mass is 198 g/mol. The lowest BCUT2D eigenvalue weighted by molar-refractivity contribution is 0.461. The van der Waals surface area contributed by atoms with Gasteiger partial charge < -0.3 is 16.6 Å². The predicted molar refractivity (Wildman–Crippen MR) is 55.9 cm³/mol. The Morgan fingerprint density at radius 3 is 2.77 bits per heavy atom. The summed E-state index contributed by atoms with van der Waals surface area (Å²) in [6.07, 6.45) is 1.98. The van der Waals surface area contributed by atoms with Crippen LogP contribution in [-0.2, 0) is 0 Å². The van der Waals surface area contributed by atoms with E-state index in [0.29, 0.717) is 12.1 Å². The summed E-state index contributed by atoms with van der Waals surface area (Å²) in [5.74, 6) is 0.218. The molecule has 0 unspecified atom stereocenters. The number of aromatic hydroxyl groups is 1. The lowest BCUT2D eigenvalue weighted by Gasteiger charge is -2.11. The van der Waals surface area contributed by atoms with E-state index in [9.17, 15) is 5.11 Å². The van der Waals surface area contributed by atoms with Crippen LogP contribution in [0.3, 0.4) is 0 Å². The molecule has 0 saturated carbocycles.